The second-order valence-electron chi connectivity index (χ2n) is 13.9. The Morgan fingerprint density at radius 2 is 0.618 bits per heavy atom. The molecule has 0 fully saturated rings. The van der Waals surface area contributed by atoms with Gasteiger partial charge >= 0.3 is 0 Å². The fourth-order valence-corrected chi connectivity index (χ4v) is 13.7. The van der Waals surface area contributed by atoms with Crippen LogP contribution in [0.3, 0.4) is 0 Å². The fourth-order valence-electron chi connectivity index (χ4n) is 8.33. The summed E-state index contributed by atoms with van der Waals surface area (Å²) in [6, 6.07) is 75.9. The quantitative estimate of drug-likeness (QED) is 0.154. The molecule has 1 aliphatic heterocycles. The molecule has 4 heteroatoms. The Balaban J connectivity index is 1.15. The SMILES string of the molecule is c1ccc(-c2ccc(-c3ccc(-c4nc(-c5ccccc5)nc(-c5cccc6c5[Si](c5ccccc5)(c5ccccc5)c5ccccc5-6)n4)cc3)cc2)cc1. The van der Waals surface area contributed by atoms with Crippen LogP contribution in [0.4, 0.5) is 0 Å². The topological polar surface area (TPSA) is 38.7 Å². The van der Waals surface area contributed by atoms with Crippen molar-refractivity contribution in [2.24, 2.45) is 0 Å². The molecule has 2 heterocycles. The van der Waals surface area contributed by atoms with Gasteiger partial charge in [0.15, 0.2) is 25.5 Å². The molecule has 3 nitrogen and oxygen atoms in total. The second kappa shape index (κ2) is 13.8. The summed E-state index contributed by atoms with van der Waals surface area (Å²) in [6.07, 6.45) is 0. The predicted molar refractivity (Wildman–Crippen MR) is 230 cm³/mol. The first-order valence-electron chi connectivity index (χ1n) is 18.7. The monoisotopic (exact) mass is 717 g/mol. The number of rotatable bonds is 7. The van der Waals surface area contributed by atoms with E-state index < -0.39 is 8.07 Å². The number of benzene rings is 8. The van der Waals surface area contributed by atoms with E-state index in [4.69, 9.17) is 15.0 Å². The van der Waals surface area contributed by atoms with Crippen molar-refractivity contribution < 1.29 is 0 Å². The van der Waals surface area contributed by atoms with E-state index >= 15 is 0 Å². The Hall–Kier alpha value is -7.01. The summed E-state index contributed by atoms with van der Waals surface area (Å²) in [5, 5.41) is 5.38. The molecule has 0 aliphatic carbocycles. The summed E-state index contributed by atoms with van der Waals surface area (Å²) < 4.78 is 0. The molecule has 0 bridgehead atoms. The van der Waals surface area contributed by atoms with E-state index in [2.05, 4.69) is 188 Å². The molecule has 0 atom stereocenters. The number of aromatic nitrogens is 3. The first-order valence-corrected chi connectivity index (χ1v) is 20.7. The van der Waals surface area contributed by atoms with Crippen LogP contribution in [0.1, 0.15) is 0 Å². The lowest BCUT2D eigenvalue weighted by Gasteiger charge is -2.32. The smallest absolute Gasteiger partial charge is 0.181 e. The van der Waals surface area contributed by atoms with Crippen LogP contribution >= 0.6 is 0 Å². The Kier molecular flexibility index (Phi) is 8.16. The summed E-state index contributed by atoms with van der Waals surface area (Å²) in [7, 11) is -2.82. The summed E-state index contributed by atoms with van der Waals surface area (Å²) in [5.41, 5.74) is 10.2. The third-order valence-electron chi connectivity index (χ3n) is 10.9. The van der Waals surface area contributed by atoms with Crippen LogP contribution in [0.2, 0.25) is 0 Å². The van der Waals surface area contributed by atoms with E-state index in [1.807, 2.05) is 24.3 Å². The molecule has 10 rings (SSSR count). The third-order valence-corrected chi connectivity index (χ3v) is 15.8. The van der Waals surface area contributed by atoms with Crippen LogP contribution in [0, 0.1) is 0 Å². The van der Waals surface area contributed by atoms with Gasteiger partial charge in [-0.3, -0.25) is 0 Å². The fraction of sp³-hybridized carbons (Fsp3) is 0. The van der Waals surface area contributed by atoms with Crippen LogP contribution in [0.15, 0.2) is 212 Å². The van der Waals surface area contributed by atoms with Crippen molar-refractivity contribution in [3.8, 4) is 67.5 Å². The van der Waals surface area contributed by atoms with Crippen molar-refractivity contribution in [1.29, 1.82) is 0 Å². The molecule has 0 amide bonds. The van der Waals surface area contributed by atoms with Gasteiger partial charge in [0.05, 0.1) is 0 Å². The average molecular weight is 718 g/mol. The largest absolute Gasteiger partial charge is 0.208 e. The van der Waals surface area contributed by atoms with Gasteiger partial charge in [0.1, 0.15) is 0 Å². The number of fused-ring (bicyclic) bond motifs is 3. The highest BCUT2D eigenvalue weighted by molar-refractivity contribution is 7.22. The highest BCUT2D eigenvalue weighted by Crippen LogP contribution is 2.34. The van der Waals surface area contributed by atoms with E-state index in [9.17, 15) is 0 Å². The van der Waals surface area contributed by atoms with Gasteiger partial charge in [-0.15, -0.1) is 0 Å². The van der Waals surface area contributed by atoms with Crippen LogP contribution in [0.25, 0.3) is 67.5 Å². The van der Waals surface area contributed by atoms with E-state index in [0.29, 0.717) is 17.5 Å². The maximum absolute atomic E-state index is 5.34. The maximum Gasteiger partial charge on any atom is 0.181 e. The zero-order valence-electron chi connectivity index (χ0n) is 30.0. The standard InChI is InChI=1S/C51H35N3Si/c1-5-16-36(17-6-1)37-28-30-38(31-29-37)39-32-34-41(35-33-39)50-52-49(40-18-7-2-8-19-40)53-51(54-50)46-26-15-25-45-44-24-13-14-27-47(44)55(48(45)46,42-20-9-3-10-21-42)43-22-11-4-12-23-43/h1-35H. The summed E-state index contributed by atoms with van der Waals surface area (Å²) in [6.45, 7) is 0. The molecule has 0 unspecified atom stereocenters. The first-order chi connectivity index (χ1) is 27.3. The van der Waals surface area contributed by atoms with Crippen molar-refractivity contribution in [3.05, 3.63) is 212 Å². The molecule has 0 radical (unpaired) electrons. The minimum absolute atomic E-state index is 0.648. The summed E-state index contributed by atoms with van der Waals surface area (Å²) >= 11 is 0. The van der Waals surface area contributed by atoms with E-state index in [1.54, 1.807) is 0 Å². The number of nitrogens with zero attached hydrogens (tertiary/aromatic N) is 3. The van der Waals surface area contributed by atoms with Gasteiger partial charge in [-0.1, -0.05) is 212 Å². The molecule has 0 saturated heterocycles. The lowest BCUT2D eigenvalue weighted by atomic mass is 9.99. The molecule has 8 aromatic carbocycles. The highest BCUT2D eigenvalue weighted by atomic mass is 28.3. The van der Waals surface area contributed by atoms with Gasteiger partial charge in [0, 0.05) is 16.7 Å². The molecule has 55 heavy (non-hydrogen) atoms. The minimum atomic E-state index is -2.82. The molecule has 258 valence electrons. The van der Waals surface area contributed by atoms with Crippen molar-refractivity contribution in [1.82, 2.24) is 15.0 Å². The normalized spacial score (nSPS) is 12.5. The molecule has 9 aromatic rings. The van der Waals surface area contributed by atoms with E-state index in [-0.39, 0.29) is 0 Å². The number of hydrogen-bond acceptors (Lipinski definition) is 3. The van der Waals surface area contributed by atoms with E-state index in [0.717, 1.165) is 27.8 Å². The molecule has 0 spiro atoms. The van der Waals surface area contributed by atoms with Gasteiger partial charge in [-0.2, -0.15) is 0 Å². The van der Waals surface area contributed by atoms with Gasteiger partial charge in [-0.25, -0.2) is 15.0 Å². The molecular weight excluding hydrogens is 683 g/mol. The Bertz CT molecular complexity index is 2730. The zero-order valence-corrected chi connectivity index (χ0v) is 31.0. The van der Waals surface area contributed by atoms with Gasteiger partial charge in [0.2, 0.25) is 0 Å². The summed E-state index contributed by atoms with van der Waals surface area (Å²) in [4.78, 5) is 15.8. The zero-order chi connectivity index (χ0) is 36.6. The van der Waals surface area contributed by atoms with E-state index in [1.165, 1.54) is 43.0 Å². The molecule has 0 saturated carbocycles. The van der Waals surface area contributed by atoms with Crippen LogP contribution < -0.4 is 20.7 Å². The van der Waals surface area contributed by atoms with Crippen molar-refractivity contribution in [2.75, 3.05) is 0 Å². The average Bonchev–Trinajstić information content (AvgIpc) is 3.59. The Morgan fingerprint density at radius 3 is 1.16 bits per heavy atom. The lowest BCUT2D eigenvalue weighted by molar-refractivity contribution is 1.08. The second-order valence-corrected chi connectivity index (χ2v) is 17.6. The lowest BCUT2D eigenvalue weighted by Crippen LogP contribution is -2.73. The molecule has 0 N–H and O–H groups in total. The molecular formula is C51H35N3Si. The molecule has 1 aliphatic rings. The van der Waals surface area contributed by atoms with Gasteiger partial charge in [0.25, 0.3) is 0 Å². The van der Waals surface area contributed by atoms with Gasteiger partial charge in [-0.05, 0) is 54.1 Å². The molecule has 1 aromatic heterocycles. The Labute approximate surface area is 322 Å². The van der Waals surface area contributed by atoms with Crippen molar-refractivity contribution in [2.45, 2.75) is 0 Å². The first kappa shape index (κ1) is 32.6. The van der Waals surface area contributed by atoms with Gasteiger partial charge < -0.3 is 0 Å². The highest BCUT2D eigenvalue weighted by Gasteiger charge is 2.50. The van der Waals surface area contributed by atoms with Crippen LogP contribution in [-0.4, -0.2) is 23.0 Å². The Morgan fingerprint density at radius 1 is 0.255 bits per heavy atom. The van der Waals surface area contributed by atoms with Crippen LogP contribution in [0.5, 0.6) is 0 Å². The number of hydrogen-bond donors (Lipinski definition) is 0. The van der Waals surface area contributed by atoms with Crippen molar-refractivity contribution in [3.63, 3.8) is 0 Å². The third kappa shape index (κ3) is 5.63. The minimum Gasteiger partial charge on any atom is -0.208 e. The summed E-state index contributed by atoms with van der Waals surface area (Å²) in [5.74, 6) is 1.98. The maximum atomic E-state index is 5.34. The predicted octanol–water partition coefficient (Wildman–Crippen LogP) is 9.56. The van der Waals surface area contributed by atoms with Crippen LogP contribution in [-0.2, 0) is 0 Å². The van der Waals surface area contributed by atoms with Crippen molar-refractivity contribution >= 4 is 28.8 Å².